The predicted molar refractivity (Wildman–Crippen MR) is 83.6 cm³/mol. The van der Waals surface area contributed by atoms with Crippen molar-refractivity contribution in [1.82, 2.24) is 4.98 Å². The standard InChI is InChI=1S/C14H9IN2O3/c1-8-6-9(2-4-11(8)15)14-16-12-7-10(17(18)19)3-5-13(12)20-14/h2-7H,1H3. The average molecular weight is 380 g/mol. The average Bonchev–Trinajstić information content (AvgIpc) is 2.84. The highest BCUT2D eigenvalue weighted by Crippen LogP contribution is 2.28. The maximum atomic E-state index is 10.7. The SMILES string of the molecule is Cc1cc(-c2nc3cc([N+](=O)[O-])ccc3o2)ccc1I. The zero-order valence-electron chi connectivity index (χ0n) is 10.5. The Hall–Kier alpha value is -1.96. The van der Waals surface area contributed by atoms with Gasteiger partial charge in [0.2, 0.25) is 5.89 Å². The van der Waals surface area contributed by atoms with Gasteiger partial charge in [-0.25, -0.2) is 4.98 Å². The number of hydrogen-bond donors (Lipinski definition) is 0. The number of nitro groups is 1. The summed E-state index contributed by atoms with van der Waals surface area (Å²) in [6, 6.07) is 10.3. The summed E-state index contributed by atoms with van der Waals surface area (Å²) >= 11 is 2.26. The zero-order valence-corrected chi connectivity index (χ0v) is 12.6. The molecule has 0 aliphatic rings. The van der Waals surface area contributed by atoms with Crippen LogP contribution in [0, 0.1) is 20.6 Å². The number of nitrogens with zero attached hydrogens (tertiary/aromatic N) is 2. The van der Waals surface area contributed by atoms with Gasteiger partial charge in [-0.05, 0) is 59.3 Å². The Bertz CT molecular complexity index is 826. The first-order valence-electron chi connectivity index (χ1n) is 5.86. The largest absolute Gasteiger partial charge is 0.436 e. The van der Waals surface area contributed by atoms with Gasteiger partial charge in [-0.2, -0.15) is 0 Å². The van der Waals surface area contributed by atoms with Crippen molar-refractivity contribution in [3.05, 3.63) is 55.6 Å². The monoisotopic (exact) mass is 380 g/mol. The molecule has 6 heteroatoms. The maximum absolute atomic E-state index is 10.7. The van der Waals surface area contributed by atoms with Crippen molar-refractivity contribution >= 4 is 39.4 Å². The Morgan fingerprint density at radius 2 is 2.05 bits per heavy atom. The van der Waals surface area contributed by atoms with E-state index in [2.05, 4.69) is 27.6 Å². The third kappa shape index (κ3) is 2.26. The summed E-state index contributed by atoms with van der Waals surface area (Å²) in [5, 5.41) is 10.7. The number of nitro benzene ring substituents is 1. The van der Waals surface area contributed by atoms with Crippen LogP contribution in [0.15, 0.2) is 40.8 Å². The van der Waals surface area contributed by atoms with E-state index in [1.165, 1.54) is 12.1 Å². The Morgan fingerprint density at radius 3 is 2.75 bits per heavy atom. The van der Waals surface area contributed by atoms with E-state index in [0.717, 1.165) is 14.7 Å². The van der Waals surface area contributed by atoms with Crippen molar-refractivity contribution < 1.29 is 9.34 Å². The summed E-state index contributed by atoms with van der Waals surface area (Å²) in [7, 11) is 0. The van der Waals surface area contributed by atoms with E-state index in [1.54, 1.807) is 6.07 Å². The highest BCUT2D eigenvalue weighted by Gasteiger charge is 2.13. The molecular weight excluding hydrogens is 371 g/mol. The summed E-state index contributed by atoms with van der Waals surface area (Å²) in [6.45, 7) is 2.01. The second kappa shape index (κ2) is 4.86. The number of oxazole rings is 1. The van der Waals surface area contributed by atoms with Gasteiger partial charge in [-0.1, -0.05) is 0 Å². The second-order valence-electron chi connectivity index (χ2n) is 4.39. The molecule has 1 aromatic heterocycles. The van der Waals surface area contributed by atoms with Crippen LogP contribution in [0.3, 0.4) is 0 Å². The molecule has 5 nitrogen and oxygen atoms in total. The van der Waals surface area contributed by atoms with E-state index < -0.39 is 4.92 Å². The third-order valence-electron chi connectivity index (χ3n) is 2.99. The summed E-state index contributed by atoms with van der Waals surface area (Å²) < 4.78 is 6.81. The van der Waals surface area contributed by atoms with Crippen molar-refractivity contribution in [2.75, 3.05) is 0 Å². The number of benzene rings is 2. The van der Waals surface area contributed by atoms with Gasteiger partial charge in [0.25, 0.3) is 5.69 Å². The fourth-order valence-corrected chi connectivity index (χ4v) is 2.27. The highest BCUT2D eigenvalue weighted by molar-refractivity contribution is 14.1. The van der Waals surface area contributed by atoms with Crippen molar-refractivity contribution in [1.29, 1.82) is 0 Å². The van der Waals surface area contributed by atoms with E-state index >= 15 is 0 Å². The lowest BCUT2D eigenvalue weighted by atomic mass is 10.1. The van der Waals surface area contributed by atoms with Gasteiger partial charge in [0, 0.05) is 21.3 Å². The molecule has 0 bridgehead atoms. The van der Waals surface area contributed by atoms with Crippen LogP contribution < -0.4 is 0 Å². The van der Waals surface area contributed by atoms with Crippen LogP contribution in [-0.2, 0) is 0 Å². The van der Waals surface area contributed by atoms with Crippen LogP contribution >= 0.6 is 22.6 Å². The van der Waals surface area contributed by atoms with E-state index in [4.69, 9.17) is 4.42 Å². The van der Waals surface area contributed by atoms with E-state index in [9.17, 15) is 10.1 Å². The Kier molecular flexibility index (Phi) is 3.17. The van der Waals surface area contributed by atoms with Crippen molar-refractivity contribution in [2.24, 2.45) is 0 Å². The molecule has 0 saturated carbocycles. The molecule has 0 atom stereocenters. The zero-order chi connectivity index (χ0) is 14.3. The fraction of sp³-hybridized carbons (Fsp3) is 0.0714. The Labute approximate surface area is 127 Å². The van der Waals surface area contributed by atoms with Gasteiger partial charge in [-0.3, -0.25) is 10.1 Å². The number of halogens is 1. The summed E-state index contributed by atoms with van der Waals surface area (Å²) in [6.07, 6.45) is 0. The van der Waals surface area contributed by atoms with Crippen LogP contribution in [-0.4, -0.2) is 9.91 Å². The van der Waals surface area contributed by atoms with Crippen molar-refractivity contribution in [3.63, 3.8) is 0 Å². The molecule has 2 aromatic carbocycles. The van der Waals surface area contributed by atoms with Gasteiger partial charge in [0.15, 0.2) is 5.58 Å². The molecule has 0 spiro atoms. The number of aryl methyl sites for hydroxylation is 1. The quantitative estimate of drug-likeness (QED) is 0.377. The molecule has 0 unspecified atom stereocenters. The molecule has 1 heterocycles. The van der Waals surface area contributed by atoms with Crippen LogP contribution in [0.1, 0.15) is 5.56 Å². The molecule has 0 N–H and O–H groups in total. The van der Waals surface area contributed by atoms with Gasteiger partial charge >= 0.3 is 0 Å². The molecule has 0 saturated heterocycles. The maximum Gasteiger partial charge on any atom is 0.271 e. The molecule has 0 radical (unpaired) electrons. The van der Waals surface area contributed by atoms with E-state index in [-0.39, 0.29) is 5.69 Å². The molecule has 3 aromatic rings. The topological polar surface area (TPSA) is 69.2 Å². The Morgan fingerprint density at radius 1 is 1.25 bits per heavy atom. The van der Waals surface area contributed by atoms with Crippen molar-refractivity contribution in [3.8, 4) is 11.5 Å². The molecule has 0 aliphatic carbocycles. The minimum absolute atomic E-state index is 0.0103. The normalized spacial score (nSPS) is 10.9. The van der Waals surface area contributed by atoms with Gasteiger partial charge in [0.05, 0.1) is 4.92 Å². The molecule has 100 valence electrons. The van der Waals surface area contributed by atoms with Crippen LogP contribution in [0.5, 0.6) is 0 Å². The van der Waals surface area contributed by atoms with Gasteiger partial charge in [-0.15, -0.1) is 0 Å². The molecular formula is C14H9IN2O3. The van der Waals surface area contributed by atoms with E-state index in [1.807, 2.05) is 25.1 Å². The summed E-state index contributed by atoms with van der Waals surface area (Å²) in [5.74, 6) is 0.472. The predicted octanol–water partition coefficient (Wildman–Crippen LogP) is 4.32. The van der Waals surface area contributed by atoms with Crippen molar-refractivity contribution in [2.45, 2.75) is 6.92 Å². The first kappa shape index (κ1) is 13.0. The lowest BCUT2D eigenvalue weighted by molar-refractivity contribution is -0.384. The third-order valence-corrected chi connectivity index (χ3v) is 4.20. The van der Waals surface area contributed by atoms with Crippen LogP contribution in [0.4, 0.5) is 5.69 Å². The highest BCUT2D eigenvalue weighted by atomic mass is 127. The first-order chi connectivity index (χ1) is 9.54. The number of fused-ring (bicyclic) bond motifs is 1. The smallest absolute Gasteiger partial charge is 0.271 e. The molecule has 20 heavy (non-hydrogen) atoms. The minimum atomic E-state index is -0.442. The van der Waals surface area contributed by atoms with Gasteiger partial charge < -0.3 is 4.42 Å². The molecule has 3 rings (SSSR count). The van der Waals surface area contributed by atoms with Gasteiger partial charge in [0.1, 0.15) is 5.52 Å². The van der Waals surface area contributed by atoms with Crippen LogP contribution in [0.25, 0.3) is 22.6 Å². The lowest BCUT2D eigenvalue weighted by Gasteiger charge is -1.99. The van der Waals surface area contributed by atoms with E-state index in [0.29, 0.717) is 17.0 Å². The summed E-state index contributed by atoms with van der Waals surface area (Å²) in [5.41, 5.74) is 3.04. The number of aromatic nitrogens is 1. The number of hydrogen-bond acceptors (Lipinski definition) is 4. The molecule has 0 aliphatic heterocycles. The first-order valence-corrected chi connectivity index (χ1v) is 6.94. The minimum Gasteiger partial charge on any atom is -0.436 e. The number of rotatable bonds is 2. The summed E-state index contributed by atoms with van der Waals surface area (Å²) in [4.78, 5) is 14.6. The lowest BCUT2D eigenvalue weighted by Crippen LogP contribution is -1.86. The fourth-order valence-electron chi connectivity index (χ4n) is 1.93. The second-order valence-corrected chi connectivity index (χ2v) is 5.55. The Balaban J connectivity index is 2.12. The number of non-ortho nitro benzene ring substituents is 1. The molecule has 0 fully saturated rings. The molecule has 0 amide bonds. The van der Waals surface area contributed by atoms with Crippen LogP contribution in [0.2, 0.25) is 0 Å².